The molecule has 6 nitrogen and oxygen atoms in total. The van der Waals surface area contributed by atoms with Crippen molar-refractivity contribution in [3.63, 3.8) is 0 Å². The number of H-pyrrole nitrogens is 1. The van der Waals surface area contributed by atoms with Crippen molar-refractivity contribution in [2.24, 2.45) is 0 Å². The second-order valence-corrected chi connectivity index (χ2v) is 5.67. The monoisotopic (exact) mass is 317 g/mol. The lowest BCUT2D eigenvalue weighted by molar-refractivity contribution is 0.0827. The predicted molar refractivity (Wildman–Crippen MR) is 87.6 cm³/mol. The van der Waals surface area contributed by atoms with E-state index in [2.05, 4.69) is 15.3 Å². The zero-order valence-electron chi connectivity index (χ0n) is 13.7. The summed E-state index contributed by atoms with van der Waals surface area (Å²) in [5.41, 5.74) is 2.75. The van der Waals surface area contributed by atoms with Crippen molar-refractivity contribution in [2.75, 3.05) is 6.61 Å². The number of carbonyl (C=O) groups excluding carboxylic acids is 1. The number of hydrogen-bond donors (Lipinski definition) is 3. The summed E-state index contributed by atoms with van der Waals surface area (Å²) < 4.78 is 5.71. The Labute approximate surface area is 135 Å². The molecule has 0 radical (unpaired) electrons. The first-order valence-corrected chi connectivity index (χ1v) is 7.64. The Morgan fingerprint density at radius 3 is 2.78 bits per heavy atom. The second kappa shape index (κ2) is 7.78. The van der Waals surface area contributed by atoms with Crippen LogP contribution < -0.4 is 10.1 Å². The number of aryl methyl sites for hydroxylation is 2. The van der Waals surface area contributed by atoms with E-state index in [0.717, 1.165) is 5.75 Å². The summed E-state index contributed by atoms with van der Waals surface area (Å²) in [5.74, 6) is 0.497. The fraction of sp³-hybridized carbons (Fsp3) is 0.412. The van der Waals surface area contributed by atoms with Crippen molar-refractivity contribution in [3.05, 3.63) is 47.5 Å². The van der Waals surface area contributed by atoms with E-state index < -0.39 is 12.1 Å². The number of rotatable bonds is 7. The zero-order chi connectivity index (χ0) is 16.8. The fourth-order valence-electron chi connectivity index (χ4n) is 2.17. The van der Waals surface area contributed by atoms with Gasteiger partial charge in [-0.15, -0.1) is 0 Å². The topological polar surface area (TPSA) is 87.2 Å². The third kappa shape index (κ3) is 4.82. The molecule has 0 fully saturated rings. The predicted octanol–water partition coefficient (Wildman–Crippen LogP) is 1.97. The average Bonchev–Trinajstić information content (AvgIpc) is 3.04. The van der Waals surface area contributed by atoms with Gasteiger partial charge in [0.1, 0.15) is 11.4 Å². The van der Waals surface area contributed by atoms with Crippen molar-refractivity contribution in [3.8, 4) is 5.75 Å². The van der Waals surface area contributed by atoms with Gasteiger partial charge in [-0.1, -0.05) is 6.07 Å². The van der Waals surface area contributed by atoms with Crippen LogP contribution in [-0.4, -0.2) is 39.7 Å². The molecule has 0 unspecified atom stereocenters. The Hall–Kier alpha value is -2.34. The van der Waals surface area contributed by atoms with E-state index in [9.17, 15) is 9.90 Å². The maximum Gasteiger partial charge on any atom is 0.269 e. The van der Waals surface area contributed by atoms with Gasteiger partial charge in [-0.25, -0.2) is 4.98 Å². The van der Waals surface area contributed by atoms with Gasteiger partial charge in [-0.05, 0) is 44.0 Å². The molecule has 0 bridgehead atoms. The number of aliphatic hydroxyl groups is 1. The second-order valence-electron chi connectivity index (χ2n) is 5.67. The van der Waals surface area contributed by atoms with Crippen LogP contribution >= 0.6 is 0 Å². The first kappa shape index (κ1) is 17.0. The van der Waals surface area contributed by atoms with Crippen molar-refractivity contribution in [2.45, 2.75) is 39.3 Å². The van der Waals surface area contributed by atoms with E-state index in [1.807, 2.05) is 32.0 Å². The highest BCUT2D eigenvalue weighted by Crippen LogP contribution is 2.17. The molecule has 23 heavy (non-hydrogen) atoms. The van der Waals surface area contributed by atoms with E-state index in [1.165, 1.54) is 23.7 Å². The number of hydrogen-bond acceptors (Lipinski definition) is 4. The molecular weight excluding hydrogens is 294 g/mol. The Morgan fingerprint density at radius 2 is 2.17 bits per heavy atom. The van der Waals surface area contributed by atoms with E-state index in [1.54, 1.807) is 6.92 Å². The third-order valence-corrected chi connectivity index (χ3v) is 3.82. The molecular formula is C17H23N3O3. The minimum atomic E-state index is -0.676. The molecule has 0 aliphatic rings. The summed E-state index contributed by atoms with van der Waals surface area (Å²) in [7, 11) is 0. The Balaban J connectivity index is 1.87. The normalized spacial score (nSPS) is 13.4. The summed E-state index contributed by atoms with van der Waals surface area (Å²) >= 11 is 0. The number of carbonyl (C=O) groups is 1. The van der Waals surface area contributed by atoms with Crippen LogP contribution in [0.3, 0.4) is 0 Å². The van der Waals surface area contributed by atoms with Crippen LogP contribution in [0.1, 0.15) is 35.0 Å². The lowest BCUT2D eigenvalue weighted by Crippen LogP contribution is -2.43. The number of aromatic nitrogens is 2. The summed E-state index contributed by atoms with van der Waals surface area (Å²) in [6, 6.07) is 5.52. The van der Waals surface area contributed by atoms with Gasteiger partial charge in [0.05, 0.1) is 31.3 Å². The van der Waals surface area contributed by atoms with Crippen molar-refractivity contribution in [1.82, 2.24) is 15.3 Å². The highest BCUT2D eigenvalue weighted by Gasteiger charge is 2.19. The van der Waals surface area contributed by atoms with Crippen LogP contribution in [0.15, 0.2) is 30.7 Å². The van der Waals surface area contributed by atoms with Crippen LogP contribution in [0, 0.1) is 13.8 Å². The molecule has 1 amide bonds. The molecule has 6 heteroatoms. The molecule has 2 atom stereocenters. The van der Waals surface area contributed by atoms with Crippen molar-refractivity contribution >= 4 is 5.91 Å². The van der Waals surface area contributed by atoms with E-state index in [4.69, 9.17) is 4.74 Å². The lowest BCUT2D eigenvalue weighted by Gasteiger charge is -2.21. The number of ether oxygens (including phenoxy) is 1. The SMILES string of the molecule is Cc1ccc(OCC[C@@H](NC(=O)c2cnc[nH]2)[C@H](C)O)cc1C. The average molecular weight is 317 g/mol. The van der Waals surface area contributed by atoms with Gasteiger partial charge >= 0.3 is 0 Å². The molecule has 0 aliphatic heterocycles. The molecule has 1 aromatic carbocycles. The number of imidazole rings is 1. The summed E-state index contributed by atoms with van der Waals surface area (Å²) in [5, 5.41) is 12.6. The fourth-order valence-corrected chi connectivity index (χ4v) is 2.17. The number of amides is 1. The van der Waals surface area contributed by atoms with Crippen LogP contribution in [0.25, 0.3) is 0 Å². The number of nitrogens with one attached hydrogen (secondary N) is 2. The van der Waals surface area contributed by atoms with Gasteiger partial charge in [-0.3, -0.25) is 4.79 Å². The molecule has 124 valence electrons. The van der Waals surface area contributed by atoms with Gasteiger partial charge in [0, 0.05) is 6.42 Å². The molecule has 2 aromatic rings. The van der Waals surface area contributed by atoms with E-state index in [-0.39, 0.29) is 5.91 Å². The van der Waals surface area contributed by atoms with Gasteiger partial charge in [0.25, 0.3) is 5.91 Å². The minimum absolute atomic E-state index is 0.292. The lowest BCUT2D eigenvalue weighted by atomic mass is 10.1. The Bertz CT molecular complexity index is 639. The largest absolute Gasteiger partial charge is 0.494 e. The van der Waals surface area contributed by atoms with Gasteiger partial charge in [-0.2, -0.15) is 0 Å². The van der Waals surface area contributed by atoms with Crippen molar-refractivity contribution < 1.29 is 14.6 Å². The molecule has 2 rings (SSSR count). The maximum absolute atomic E-state index is 12.0. The van der Waals surface area contributed by atoms with Gasteiger partial charge in [0.15, 0.2) is 0 Å². The zero-order valence-corrected chi connectivity index (χ0v) is 13.7. The Morgan fingerprint density at radius 1 is 1.39 bits per heavy atom. The smallest absolute Gasteiger partial charge is 0.269 e. The van der Waals surface area contributed by atoms with Crippen LogP contribution in [0.4, 0.5) is 0 Å². The number of aromatic amines is 1. The number of aliphatic hydroxyl groups excluding tert-OH is 1. The van der Waals surface area contributed by atoms with Crippen LogP contribution in [0.5, 0.6) is 5.75 Å². The summed E-state index contributed by atoms with van der Waals surface area (Å²) in [6.45, 7) is 6.13. The molecule has 1 heterocycles. The van der Waals surface area contributed by atoms with Crippen LogP contribution in [0.2, 0.25) is 0 Å². The minimum Gasteiger partial charge on any atom is -0.494 e. The maximum atomic E-state index is 12.0. The molecule has 0 saturated heterocycles. The van der Waals surface area contributed by atoms with Crippen molar-refractivity contribution in [1.29, 1.82) is 0 Å². The van der Waals surface area contributed by atoms with E-state index >= 15 is 0 Å². The molecule has 0 aliphatic carbocycles. The highest BCUT2D eigenvalue weighted by molar-refractivity contribution is 5.92. The first-order valence-electron chi connectivity index (χ1n) is 7.64. The third-order valence-electron chi connectivity index (χ3n) is 3.82. The van der Waals surface area contributed by atoms with E-state index in [0.29, 0.717) is 18.7 Å². The summed E-state index contributed by atoms with van der Waals surface area (Å²) in [4.78, 5) is 18.5. The van der Waals surface area contributed by atoms with Crippen LogP contribution in [-0.2, 0) is 0 Å². The Kier molecular flexibility index (Phi) is 5.76. The summed E-state index contributed by atoms with van der Waals surface area (Å²) in [6.07, 6.45) is 2.71. The standard InChI is InChI=1S/C17H23N3O3/c1-11-4-5-14(8-12(11)2)23-7-6-15(13(3)21)20-17(22)16-9-18-10-19-16/h4-5,8-10,13,15,21H,6-7H2,1-3H3,(H,18,19)(H,20,22)/t13-,15+/m0/s1. The first-order chi connectivity index (χ1) is 11.0. The van der Waals surface area contributed by atoms with Gasteiger partial charge in [0.2, 0.25) is 0 Å². The molecule has 0 spiro atoms. The van der Waals surface area contributed by atoms with Gasteiger partial charge < -0.3 is 20.1 Å². The highest BCUT2D eigenvalue weighted by atomic mass is 16.5. The quantitative estimate of drug-likeness (QED) is 0.728. The molecule has 3 N–H and O–H groups in total. The number of benzene rings is 1. The molecule has 0 saturated carbocycles. The number of nitrogens with zero attached hydrogens (tertiary/aromatic N) is 1. The molecule has 1 aromatic heterocycles.